The van der Waals surface area contributed by atoms with Crippen molar-refractivity contribution >= 4 is 21.6 Å². The molecule has 0 saturated heterocycles. The van der Waals surface area contributed by atoms with Crippen molar-refractivity contribution in [1.29, 1.82) is 0 Å². The molecule has 0 bridgehead atoms. The minimum atomic E-state index is -0.238. The first kappa shape index (κ1) is 15.1. The number of rotatable bonds is 7. The molecule has 0 radical (unpaired) electrons. The maximum absolute atomic E-state index is 11.8. The molecule has 0 saturated carbocycles. The van der Waals surface area contributed by atoms with Crippen LogP contribution >= 0.6 is 15.9 Å². The van der Waals surface area contributed by atoms with Crippen molar-refractivity contribution in [3.63, 3.8) is 0 Å². The summed E-state index contributed by atoms with van der Waals surface area (Å²) in [6, 6.07) is 0. The first-order valence-corrected chi connectivity index (χ1v) is 6.68. The molecule has 1 aromatic heterocycles. The van der Waals surface area contributed by atoms with E-state index in [4.69, 9.17) is 5.11 Å². The quantitative estimate of drug-likeness (QED) is 0.759. The average Bonchev–Trinajstić information content (AvgIpc) is 2.37. The molecule has 0 aliphatic heterocycles. The van der Waals surface area contributed by atoms with Crippen LogP contribution in [-0.2, 0) is 6.54 Å². The molecule has 0 aliphatic carbocycles. The van der Waals surface area contributed by atoms with Gasteiger partial charge in [0.25, 0.3) is 5.56 Å². The van der Waals surface area contributed by atoms with E-state index in [-0.39, 0.29) is 18.7 Å². The Morgan fingerprint density at radius 3 is 2.94 bits per heavy atom. The number of hydrogen-bond donors (Lipinski definition) is 2. The fourth-order valence-electron chi connectivity index (χ4n) is 1.38. The fourth-order valence-corrected chi connectivity index (χ4v) is 1.83. The van der Waals surface area contributed by atoms with Crippen LogP contribution in [0.1, 0.15) is 6.92 Å². The molecular formula is C11H19BrN4O2. The third-order valence-corrected chi connectivity index (χ3v) is 3.41. The third-order valence-electron chi connectivity index (χ3n) is 2.65. The normalized spacial score (nSPS) is 10.9. The van der Waals surface area contributed by atoms with Gasteiger partial charge in [-0.05, 0) is 29.5 Å². The number of nitrogens with zero attached hydrogens (tertiary/aromatic N) is 3. The fraction of sp³-hybridized carbons (Fsp3) is 0.636. The van der Waals surface area contributed by atoms with Gasteiger partial charge in [0.05, 0.1) is 25.0 Å². The molecule has 0 aromatic carbocycles. The van der Waals surface area contributed by atoms with Crippen molar-refractivity contribution in [3.05, 3.63) is 21.0 Å². The Labute approximate surface area is 115 Å². The Morgan fingerprint density at radius 2 is 2.33 bits per heavy atom. The molecule has 1 rings (SSSR count). The predicted molar refractivity (Wildman–Crippen MR) is 74.9 cm³/mol. The number of aliphatic hydroxyl groups is 1. The van der Waals surface area contributed by atoms with Gasteiger partial charge in [0, 0.05) is 13.1 Å². The van der Waals surface area contributed by atoms with Crippen LogP contribution < -0.4 is 10.9 Å². The van der Waals surface area contributed by atoms with Crippen LogP contribution in [0.3, 0.4) is 0 Å². The van der Waals surface area contributed by atoms with Gasteiger partial charge in [0.15, 0.2) is 0 Å². The number of hydrogen-bond acceptors (Lipinski definition) is 5. The molecule has 0 aliphatic rings. The van der Waals surface area contributed by atoms with Crippen LogP contribution in [0.2, 0.25) is 0 Å². The van der Waals surface area contributed by atoms with Gasteiger partial charge in [-0.1, -0.05) is 6.92 Å². The molecule has 102 valence electrons. The highest BCUT2D eigenvalue weighted by atomic mass is 79.9. The average molecular weight is 319 g/mol. The molecule has 0 fully saturated rings. The molecule has 0 unspecified atom stereocenters. The second kappa shape index (κ2) is 7.50. The van der Waals surface area contributed by atoms with Crippen LogP contribution in [0.5, 0.6) is 0 Å². The van der Waals surface area contributed by atoms with Gasteiger partial charge >= 0.3 is 0 Å². The molecule has 0 atom stereocenters. The lowest BCUT2D eigenvalue weighted by molar-refractivity contribution is 0.266. The number of halogens is 1. The van der Waals surface area contributed by atoms with Gasteiger partial charge < -0.3 is 15.3 Å². The van der Waals surface area contributed by atoms with E-state index in [1.807, 2.05) is 7.05 Å². The van der Waals surface area contributed by atoms with Gasteiger partial charge in [0.1, 0.15) is 4.47 Å². The van der Waals surface area contributed by atoms with Gasteiger partial charge in [0.2, 0.25) is 0 Å². The Hall–Kier alpha value is -0.920. The Bertz CT molecular complexity index is 436. The van der Waals surface area contributed by atoms with Crippen molar-refractivity contribution in [2.75, 3.05) is 38.6 Å². The Morgan fingerprint density at radius 1 is 1.61 bits per heavy atom. The SMILES string of the molecule is CCN(C)CCNc1cnn(CCO)c(=O)c1Br. The lowest BCUT2D eigenvalue weighted by atomic mass is 10.4. The number of aromatic nitrogens is 2. The molecule has 0 spiro atoms. The molecule has 1 heterocycles. The summed E-state index contributed by atoms with van der Waals surface area (Å²) >= 11 is 3.25. The highest BCUT2D eigenvalue weighted by Crippen LogP contribution is 2.15. The molecule has 18 heavy (non-hydrogen) atoms. The van der Waals surface area contributed by atoms with Gasteiger partial charge in [-0.2, -0.15) is 5.10 Å². The lowest BCUT2D eigenvalue weighted by Gasteiger charge is -2.15. The Balaban J connectivity index is 2.68. The smallest absolute Gasteiger partial charge is 0.283 e. The largest absolute Gasteiger partial charge is 0.394 e. The van der Waals surface area contributed by atoms with Crippen LogP contribution in [-0.4, -0.2) is 53.1 Å². The summed E-state index contributed by atoms with van der Waals surface area (Å²) < 4.78 is 1.68. The van der Waals surface area contributed by atoms with Crippen LogP contribution in [0, 0.1) is 0 Å². The molecule has 6 nitrogen and oxygen atoms in total. The van der Waals surface area contributed by atoms with E-state index in [1.165, 1.54) is 4.68 Å². The zero-order chi connectivity index (χ0) is 13.5. The second-order valence-corrected chi connectivity index (χ2v) is 4.74. The van der Waals surface area contributed by atoms with Crippen LogP contribution in [0.25, 0.3) is 0 Å². The Kier molecular flexibility index (Phi) is 6.31. The van der Waals surface area contributed by atoms with Gasteiger partial charge in [-0.25, -0.2) is 4.68 Å². The first-order valence-electron chi connectivity index (χ1n) is 5.89. The van der Waals surface area contributed by atoms with Crippen molar-refractivity contribution < 1.29 is 5.11 Å². The highest BCUT2D eigenvalue weighted by molar-refractivity contribution is 9.10. The number of nitrogens with one attached hydrogen (secondary N) is 1. The van der Waals surface area contributed by atoms with E-state index < -0.39 is 0 Å². The van der Waals surface area contributed by atoms with Crippen molar-refractivity contribution in [3.8, 4) is 0 Å². The minimum absolute atomic E-state index is 0.104. The summed E-state index contributed by atoms with van der Waals surface area (Å²) in [6.07, 6.45) is 1.59. The van der Waals surface area contributed by atoms with E-state index in [0.29, 0.717) is 10.2 Å². The highest BCUT2D eigenvalue weighted by Gasteiger charge is 2.08. The molecular weight excluding hydrogens is 300 g/mol. The molecule has 2 N–H and O–H groups in total. The monoisotopic (exact) mass is 318 g/mol. The zero-order valence-corrected chi connectivity index (χ0v) is 12.3. The molecule has 7 heteroatoms. The maximum Gasteiger partial charge on any atom is 0.283 e. The third kappa shape index (κ3) is 4.08. The maximum atomic E-state index is 11.8. The minimum Gasteiger partial charge on any atom is -0.394 e. The number of likely N-dealkylation sites (N-methyl/N-ethyl adjacent to an activating group) is 1. The lowest BCUT2D eigenvalue weighted by Crippen LogP contribution is -2.28. The summed E-state index contributed by atoms with van der Waals surface area (Å²) in [5.74, 6) is 0. The standard InChI is InChI=1S/C11H19BrN4O2/c1-3-15(2)5-4-13-9-8-14-16(6-7-17)11(18)10(9)12/h8,13,17H,3-7H2,1-2H3. The predicted octanol–water partition coefficient (Wildman–Crippen LogP) is 0.362. The van der Waals surface area contributed by atoms with Crippen molar-refractivity contribution in [2.24, 2.45) is 0 Å². The van der Waals surface area contributed by atoms with E-state index in [1.54, 1.807) is 6.20 Å². The van der Waals surface area contributed by atoms with E-state index in [0.717, 1.165) is 19.6 Å². The summed E-state index contributed by atoms with van der Waals surface area (Å²) in [5.41, 5.74) is 0.441. The van der Waals surface area contributed by atoms with Crippen molar-refractivity contribution in [2.45, 2.75) is 13.5 Å². The van der Waals surface area contributed by atoms with Crippen LogP contribution in [0.15, 0.2) is 15.5 Å². The number of anilines is 1. The number of aliphatic hydroxyl groups excluding tert-OH is 1. The summed E-state index contributed by atoms with van der Waals surface area (Å²) in [7, 11) is 2.04. The topological polar surface area (TPSA) is 70.4 Å². The van der Waals surface area contributed by atoms with Gasteiger partial charge in [-0.3, -0.25) is 4.79 Å². The van der Waals surface area contributed by atoms with E-state index in [9.17, 15) is 4.79 Å². The zero-order valence-electron chi connectivity index (χ0n) is 10.7. The summed E-state index contributed by atoms with van der Waals surface area (Å²) in [6.45, 7) is 4.81. The van der Waals surface area contributed by atoms with Gasteiger partial charge in [-0.15, -0.1) is 0 Å². The molecule has 1 aromatic rings. The summed E-state index contributed by atoms with van der Waals surface area (Å²) in [4.78, 5) is 14.0. The molecule has 0 amide bonds. The van der Waals surface area contributed by atoms with Crippen molar-refractivity contribution in [1.82, 2.24) is 14.7 Å². The first-order chi connectivity index (χ1) is 8.60. The second-order valence-electron chi connectivity index (χ2n) is 3.95. The van der Waals surface area contributed by atoms with E-state index >= 15 is 0 Å². The van der Waals surface area contributed by atoms with E-state index in [2.05, 4.69) is 38.2 Å². The van der Waals surface area contributed by atoms with Crippen LogP contribution in [0.4, 0.5) is 5.69 Å². The summed E-state index contributed by atoms with van der Waals surface area (Å²) in [5, 5.41) is 15.9.